The van der Waals surface area contributed by atoms with E-state index in [0.717, 1.165) is 0 Å². The summed E-state index contributed by atoms with van der Waals surface area (Å²) < 4.78 is -0.954. The molecule has 0 radical (unpaired) electrons. The molecule has 1 saturated carbocycles. The van der Waals surface area contributed by atoms with Crippen LogP contribution >= 0.6 is 23.2 Å². The SMILES string of the molecule is CCc1cc(=O)[nH]c(-c2cccc(NC(=O)C3CC3(Cl)Cl)c2)n1. The Bertz CT molecular complexity index is 817. The van der Waals surface area contributed by atoms with Crippen LogP contribution in [0, 0.1) is 5.92 Å². The average molecular weight is 352 g/mol. The van der Waals surface area contributed by atoms with Gasteiger partial charge in [-0.2, -0.15) is 0 Å². The molecule has 1 aliphatic rings. The average Bonchev–Trinajstić information content (AvgIpc) is 3.16. The summed E-state index contributed by atoms with van der Waals surface area (Å²) >= 11 is 11.8. The molecule has 1 fully saturated rings. The molecule has 1 aromatic carbocycles. The third-order valence-electron chi connectivity index (χ3n) is 3.70. The molecule has 0 saturated heterocycles. The molecule has 1 aliphatic carbocycles. The van der Waals surface area contributed by atoms with Crippen LogP contribution in [0.3, 0.4) is 0 Å². The summed E-state index contributed by atoms with van der Waals surface area (Å²) in [4.78, 5) is 30.8. The van der Waals surface area contributed by atoms with Gasteiger partial charge < -0.3 is 10.3 Å². The normalized spacial score (nSPS) is 18.5. The van der Waals surface area contributed by atoms with E-state index < -0.39 is 10.3 Å². The van der Waals surface area contributed by atoms with Gasteiger partial charge in [0.1, 0.15) is 10.2 Å². The number of halogens is 2. The monoisotopic (exact) mass is 351 g/mol. The second-order valence-electron chi connectivity index (χ2n) is 5.53. The zero-order valence-corrected chi connectivity index (χ0v) is 13.9. The quantitative estimate of drug-likeness (QED) is 0.831. The fraction of sp³-hybridized carbons (Fsp3) is 0.312. The van der Waals surface area contributed by atoms with Gasteiger partial charge in [-0.15, -0.1) is 23.2 Å². The number of aromatic nitrogens is 2. The molecule has 7 heteroatoms. The van der Waals surface area contributed by atoms with Crippen LogP contribution in [0.25, 0.3) is 11.4 Å². The molecular formula is C16H15Cl2N3O2. The summed E-state index contributed by atoms with van der Waals surface area (Å²) in [5.41, 5.74) is 1.83. The highest BCUT2D eigenvalue weighted by molar-refractivity contribution is 6.52. The lowest BCUT2D eigenvalue weighted by molar-refractivity contribution is -0.117. The number of alkyl halides is 2. The topological polar surface area (TPSA) is 74.8 Å². The first-order chi connectivity index (χ1) is 10.9. The molecule has 120 valence electrons. The number of H-pyrrole nitrogens is 1. The van der Waals surface area contributed by atoms with Gasteiger partial charge in [0.2, 0.25) is 5.91 Å². The fourth-order valence-electron chi connectivity index (χ4n) is 2.30. The minimum Gasteiger partial charge on any atom is -0.326 e. The molecule has 1 unspecified atom stereocenters. The summed E-state index contributed by atoms with van der Waals surface area (Å²) in [6.45, 7) is 1.93. The zero-order valence-electron chi connectivity index (χ0n) is 12.4. The van der Waals surface area contributed by atoms with Gasteiger partial charge in [0.15, 0.2) is 0 Å². The van der Waals surface area contributed by atoms with Crippen molar-refractivity contribution < 1.29 is 4.79 Å². The standard InChI is InChI=1S/C16H15Cl2N3O2/c1-2-10-7-13(22)21-14(19-10)9-4-3-5-11(6-9)20-15(23)12-8-16(12,17)18/h3-7,12H,2,8H2,1H3,(H,20,23)(H,19,21,22). The highest BCUT2D eigenvalue weighted by atomic mass is 35.5. The summed E-state index contributed by atoms with van der Waals surface area (Å²) in [5.74, 6) is -0.132. The summed E-state index contributed by atoms with van der Waals surface area (Å²) in [6, 6.07) is 8.59. The van der Waals surface area contributed by atoms with Crippen LogP contribution in [-0.4, -0.2) is 20.2 Å². The Kier molecular flexibility index (Phi) is 4.17. The van der Waals surface area contributed by atoms with Crippen molar-refractivity contribution in [1.29, 1.82) is 0 Å². The van der Waals surface area contributed by atoms with E-state index in [0.29, 0.717) is 35.6 Å². The number of aryl methyl sites for hydroxylation is 1. The van der Waals surface area contributed by atoms with E-state index in [2.05, 4.69) is 15.3 Å². The number of rotatable bonds is 4. The minimum atomic E-state index is -0.954. The van der Waals surface area contributed by atoms with Gasteiger partial charge in [0, 0.05) is 23.0 Å². The number of nitrogens with zero attached hydrogens (tertiary/aromatic N) is 1. The number of carbonyl (C=O) groups excluding carboxylic acids is 1. The number of hydrogen-bond acceptors (Lipinski definition) is 3. The summed E-state index contributed by atoms with van der Waals surface area (Å²) in [5, 5.41) is 2.79. The molecule has 23 heavy (non-hydrogen) atoms. The molecule has 2 N–H and O–H groups in total. The Morgan fingerprint density at radius 2 is 2.17 bits per heavy atom. The summed E-state index contributed by atoms with van der Waals surface area (Å²) in [6.07, 6.45) is 1.12. The van der Waals surface area contributed by atoms with Crippen molar-refractivity contribution in [3.63, 3.8) is 0 Å². The highest BCUT2D eigenvalue weighted by Crippen LogP contribution is 2.53. The fourth-order valence-corrected chi connectivity index (χ4v) is 2.80. The zero-order chi connectivity index (χ0) is 16.6. The summed E-state index contributed by atoms with van der Waals surface area (Å²) in [7, 11) is 0. The molecule has 1 heterocycles. The third kappa shape index (κ3) is 3.57. The number of nitrogens with one attached hydrogen (secondary N) is 2. The molecule has 5 nitrogen and oxygen atoms in total. The third-order valence-corrected chi connectivity index (χ3v) is 4.54. The van der Waals surface area contributed by atoms with Crippen LogP contribution in [0.4, 0.5) is 5.69 Å². The van der Waals surface area contributed by atoms with Crippen molar-refractivity contribution >= 4 is 34.8 Å². The van der Waals surface area contributed by atoms with Crippen molar-refractivity contribution in [2.24, 2.45) is 5.92 Å². The van der Waals surface area contributed by atoms with E-state index in [1.165, 1.54) is 6.07 Å². The van der Waals surface area contributed by atoms with E-state index in [-0.39, 0.29) is 11.5 Å². The Hall–Kier alpha value is -1.85. The second kappa shape index (κ2) is 5.98. The van der Waals surface area contributed by atoms with Gasteiger partial charge in [-0.3, -0.25) is 9.59 Å². The first-order valence-corrected chi connectivity index (χ1v) is 8.04. The van der Waals surface area contributed by atoms with Crippen LogP contribution in [0.5, 0.6) is 0 Å². The molecule has 3 rings (SSSR count). The van der Waals surface area contributed by atoms with Crippen molar-refractivity contribution in [2.45, 2.75) is 24.1 Å². The van der Waals surface area contributed by atoms with E-state index >= 15 is 0 Å². The molecule has 2 aromatic rings. The van der Waals surface area contributed by atoms with Crippen molar-refractivity contribution in [1.82, 2.24) is 9.97 Å². The second-order valence-corrected chi connectivity index (χ2v) is 7.07. The molecule has 1 aromatic heterocycles. The smallest absolute Gasteiger partial charge is 0.251 e. The van der Waals surface area contributed by atoms with Gasteiger partial charge in [0.25, 0.3) is 5.56 Å². The first kappa shape index (κ1) is 16.0. The maximum absolute atomic E-state index is 12.0. The van der Waals surface area contributed by atoms with Crippen LogP contribution < -0.4 is 10.9 Å². The Labute approximate surface area is 143 Å². The number of anilines is 1. The van der Waals surface area contributed by atoms with Crippen LogP contribution in [0.1, 0.15) is 19.0 Å². The molecule has 0 aliphatic heterocycles. The van der Waals surface area contributed by atoms with Gasteiger partial charge in [-0.05, 0) is 25.0 Å². The lowest BCUT2D eigenvalue weighted by atomic mass is 10.1. The Balaban J connectivity index is 1.84. The van der Waals surface area contributed by atoms with Gasteiger partial charge in [0.05, 0.1) is 5.92 Å². The predicted octanol–water partition coefficient (Wildman–Crippen LogP) is 3.13. The molecule has 1 amide bonds. The highest BCUT2D eigenvalue weighted by Gasteiger charge is 2.56. The molecule has 1 atom stereocenters. The number of amides is 1. The maximum Gasteiger partial charge on any atom is 0.251 e. The lowest BCUT2D eigenvalue weighted by Crippen LogP contribution is -2.17. The number of hydrogen-bond donors (Lipinski definition) is 2. The van der Waals surface area contributed by atoms with E-state index in [1.807, 2.05) is 13.0 Å². The van der Waals surface area contributed by atoms with Crippen LogP contribution in [0.2, 0.25) is 0 Å². The largest absolute Gasteiger partial charge is 0.326 e. The van der Waals surface area contributed by atoms with E-state index in [1.54, 1.807) is 18.2 Å². The van der Waals surface area contributed by atoms with Gasteiger partial charge in [-0.1, -0.05) is 19.1 Å². The minimum absolute atomic E-state index is 0.201. The van der Waals surface area contributed by atoms with Crippen molar-refractivity contribution in [2.75, 3.05) is 5.32 Å². The van der Waals surface area contributed by atoms with E-state index in [4.69, 9.17) is 23.2 Å². The number of carbonyl (C=O) groups is 1. The lowest BCUT2D eigenvalue weighted by Gasteiger charge is -2.08. The van der Waals surface area contributed by atoms with E-state index in [9.17, 15) is 9.59 Å². The van der Waals surface area contributed by atoms with Crippen LogP contribution in [-0.2, 0) is 11.2 Å². The molecule has 0 bridgehead atoms. The molecular weight excluding hydrogens is 337 g/mol. The van der Waals surface area contributed by atoms with Crippen molar-refractivity contribution in [3.05, 3.63) is 46.4 Å². The first-order valence-electron chi connectivity index (χ1n) is 7.28. The van der Waals surface area contributed by atoms with Gasteiger partial charge in [-0.25, -0.2) is 4.98 Å². The predicted molar refractivity (Wildman–Crippen MR) is 90.8 cm³/mol. The molecule has 0 spiro atoms. The Morgan fingerprint density at radius 3 is 2.83 bits per heavy atom. The van der Waals surface area contributed by atoms with Crippen molar-refractivity contribution in [3.8, 4) is 11.4 Å². The number of aromatic amines is 1. The number of benzene rings is 1. The van der Waals surface area contributed by atoms with Gasteiger partial charge >= 0.3 is 0 Å². The Morgan fingerprint density at radius 1 is 1.43 bits per heavy atom. The maximum atomic E-state index is 12.0. The van der Waals surface area contributed by atoms with Crippen LogP contribution in [0.15, 0.2) is 35.1 Å².